The quantitative estimate of drug-likeness (QED) is 0.846. The molecule has 1 N–H and O–H groups in total. The van der Waals surface area contributed by atoms with Gasteiger partial charge in [-0.15, -0.1) is 0 Å². The van der Waals surface area contributed by atoms with Gasteiger partial charge in [0, 0.05) is 47.2 Å². The molecule has 0 saturated carbocycles. The molecule has 108 valence electrons. The predicted octanol–water partition coefficient (Wildman–Crippen LogP) is 1.79. The number of aromatic nitrogens is 2. The average Bonchev–Trinajstić information content (AvgIpc) is 2.84. The maximum absolute atomic E-state index is 11.1. The molecule has 0 amide bonds. The summed E-state index contributed by atoms with van der Waals surface area (Å²) in [6.45, 7) is 3.60. The SMILES string of the molecule is CC(CS(C)=O)NCc1cnn(Cc2ccccc2)c1. The van der Waals surface area contributed by atoms with E-state index in [4.69, 9.17) is 0 Å². The van der Waals surface area contributed by atoms with Gasteiger partial charge in [-0.05, 0) is 12.5 Å². The highest BCUT2D eigenvalue weighted by Crippen LogP contribution is 2.04. The van der Waals surface area contributed by atoms with Crippen LogP contribution in [0.3, 0.4) is 0 Å². The van der Waals surface area contributed by atoms with Crippen LogP contribution in [0.2, 0.25) is 0 Å². The molecule has 5 heteroatoms. The van der Waals surface area contributed by atoms with Crippen LogP contribution in [0, 0.1) is 0 Å². The average molecular weight is 291 g/mol. The summed E-state index contributed by atoms with van der Waals surface area (Å²) in [4.78, 5) is 0. The largest absolute Gasteiger partial charge is 0.309 e. The van der Waals surface area contributed by atoms with Crippen molar-refractivity contribution in [1.82, 2.24) is 15.1 Å². The van der Waals surface area contributed by atoms with Crippen molar-refractivity contribution < 1.29 is 4.21 Å². The van der Waals surface area contributed by atoms with Gasteiger partial charge in [-0.1, -0.05) is 30.3 Å². The van der Waals surface area contributed by atoms with Crippen LogP contribution in [-0.2, 0) is 23.9 Å². The van der Waals surface area contributed by atoms with E-state index in [1.165, 1.54) is 5.56 Å². The molecule has 0 aliphatic carbocycles. The van der Waals surface area contributed by atoms with Gasteiger partial charge in [0.25, 0.3) is 0 Å². The number of nitrogens with one attached hydrogen (secondary N) is 1. The lowest BCUT2D eigenvalue weighted by Crippen LogP contribution is -2.30. The zero-order valence-corrected chi connectivity index (χ0v) is 12.8. The lowest BCUT2D eigenvalue weighted by atomic mass is 10.2. The third kappa shape index (κ3) is 4.90. The van der Waals surface area contributed by atoms with Gasteiger partial charge in [-0.25, -0.2) is 0 Å². The maximum atomic E-state index is 11.1. The molecule has 0 fully saturated rings. The molecule has 1 aromatic carbocycles. The summed E-state index contributed by atoms with van der Waals surface area (Å²) in [5.41, 5.74) is 2.39. The minimum atomic E-state index is -0.758. The van der Waals surface area contributed by atoms with E-state index in [2.05, 4.69) is 35.7 Å². The Morgan fingerprint density at radius 2 is 2.05 bits per heavy atom. The Balaban J connectivity index is 1.85. The Bertz CT molecular complexity index is 553. The third-order valence-electron chi connectivity index (χ3n) is 3.01. The fraction of sp³-hybridized carbons (Fsp3) is 0.400. The molecule has 4 nitrogen and oxygen atoms in total. The molecule has 0 radical (unpaired) electrons. The van der Waals surface area contributed by atoms with Crippen molar-refractivity contribution in [3.63, 3.8) is 0 Å². The second-order valence-corrected chi connectivity index (χ2v) is 6.53. The summed E-state index contributed by atoms with van der Waals surface area (Å²) in [7, 11) is -0.758. The molecule has 1 heterocycles. The number of hydrogen-bond donors (Lipinski definition) is 1. The summed E-state index contributed by atoms with van der Waals surface area (Å²) < 4.78 is 13.1. The lowest BCUT2D eigenvalue weighted by molar-refractivity contribution is 0.586. The van der Waals surface area contributed by atoms with E-state index >= 15 is 0 Å². The molecule has 0 saturated heterocycles. The van der Waals surface area contributed by atoms with Crippen LogP contribution < -0.4 is 5.32 Å². The Labute approximate surface area is 122 Å². The Morgan fingerprint density at radius 1 is 1.30 bits per heavy atom. The van der Waals surface area contributed by atoms with Gasteiger partial charge in [0.1, 0.15) is 0 Å². The molecule has 0 aliphatic heterocycles. The molecule has 0 spiro atoms. The normalized spacial score (nSPS) is 14.1. The van der Waals surface area contributed by atoms with Crippen molar-refractivity contribution in [1.29, 1.82) is 0 Å². The van der Waals surface area contributed by atoms with Gasteiger partial charge in [0.2, 0.25) is 0 Å². The number of hydrogen-bond acceptors (Lipinski definition) is 3. The van der Waals surface area contributed by atoms with Gasteiger partial charge < -0.3 is 5.32 Å². The van der Waals surface area contributed by atoms with Gasteiger partial charge in [0.05, 0.1) is 12.7 Å². The van der Waals surface area contributed by atoms with Crippen molar-refractivity contribution in [3.05, 3.63) is 53.9 Å². The Morgan fingerprint density at radius 3 is 2.75 bits per heavy atom. The van der Waals surface area contributed by atoms with Crippen LogP contribution in [0.1, 0.15) is 18.1 Å². The predicted molar refractivity (Wildman–Crippen MR) is 83.0 cm³/mol. The monoisotopic (exact) mass is 291 g/mol. The Kier molecular flexibility index (Phi) is 5.49. The van der Waals surface area contributed by atoms with E-state index in [1.54, 1.807) is 6.26 Å². The molecular formula is C15H21N3OS. The van der Waals surface area contributed by atoms with Crippen molar-refractivity contribution in [2.45, 2.75) is 26.1 Å². The van der Waals surface area contributed by atoms with E-state index in [0.717, 1.165) is 18.7 Å². The highest BCUT2D eigenvalue weighted by atomic mass is 32.2. The van der Waals surface area contributed by atoms with Crippen LogP contribution in [0.5, 0.6) is 0 Å². The van der Waals surface area contributed by atoms with Crippen molar-refractivity contribution >= 4 is 10.8 Å². The van der Waals surface area contributed by atoms with E-state index in [1.807, 2.05) is 29.1 Å². The highest BCUT2D eigenvalue weighted by Gasteiger charge is 2.05. The first-order valence-electron chi connectivity index (χ1n) is 6.72. The fourth-order valence-corrected chi connectivity index (χ4v) is 2.88. The summed E-state index contributed by atoms with van der Waals surface area (Å²) in [5.74, 6) is 0.679. The van der Waals surface area contributed by atoms with Gasteiger partial charge in [-0.2, -0.15) is 5.10 Å². The third-order valence-corrected chi connectivity index (χ3v) is 3.98. The first kappa shape index (κ1) is 14.9. The van der Waals surface area contributed by atoms with Gasteiger partial charge >= 0.3 is 0 Å². The first-order chi connectivity index (χ1) is 9.63. The minimum absolute atomic E-state index is 0.248. The molecular weight excluding hydrogens is 270 g/mol. The topological polar surface area (TPSA) is 46.9 Å². The minimum Gasteiger partial charge on any atom is -0.309 e. The standard InChI is InChI=1S/C15H21N3OS/c1-13(12-20(2)19)16-8-15-9-17-18(11-15)10-14-6-4-3-5-7-14/h3-7,9,11,13,16H,8,10,12H2,1-2H3. The second kappa shape index (κ2) is 7.36. The zero-order valence-electron chi connectivity index (χ0n) is 12.0. The van der Waals surface area contributed by atoms with Crippen LogP contribution >= 0.6 is 0 Å². The van der Waals surface area contributed by atoms with Crippen LogP contribution in [0.4, 0.5) is 0 Å². The summed E-state index contributed by atoms with van der Waals surface area (Å²) >= 11 is 0. The van der Waals surface area contributed by atoms with E-state index < -0.39 is 10.8 Å². The molecule has 1 aromatic heterocycles. The summed E-state index contributed by atoms with van der Waals surface area (Å²) in [6.07, 6.45) is 5.66. The smallest absolute Gasteiger partial charge is 0.0659 e. The van der Waals surface area contributed by atoms with Crippen molar-refractivity contribution in [2.24, 2.45) is 0 Å². The highest BCUT2D eigenvalue weighted by molar-refractivity contribution is 7.84. The first-order valence-corrected chi connectivity index (χ1v) is 8.45. The van der Waals surface area contributed by atoms with Crippen molar-refractivity contribution in [3.8, 4) is 0 Å². The number of nitrogens with zero attached hydrogens (tertiary/aromatic N) is 2. The molecule has 2 rings (SSSR count). The molecule has 2 aromatic rings. The molecule has 20 heavy (non-hydrogen) atoms. The molecule has 2 atom stereocenters. The number of rotatable bonds is 7. The Hall–Kier alpha value is -1.46. The molecule has 0 bridgehead atoms. The van der Waals surface area contributed by atoms with Crippen LogP contribution in [-0.4, -0.2) is 32.0 Å². The van der Waals surface area contributed by atoms with E-state index in [-0.39, 0.29) is 6.04 Å². The zero-order chi connectivity index (χ0) is 14.4. The van der Waals surface area contributed by atoms with E-state index in [0.29, 0.717) is 5.75 Å². The van der Waals surface area contributed by atoms with Crippen LogP contribution in [0.15, 0.2) is 42.7 Å². The van der Waals surface area contributed by atoms with Crippen molar-refractivity contribution in [2.75, 3.05) is 12.0 Å². The summed E-state index contributed by atoms with van der Waals surface area (Å²) in [6, 6.07) is 10.5. The maximum Gasteiger partial charge on any atom is 0.0659 e. The number of benzene rings is 1. The molecule has 0 aliphatic rings. The van der Waals surface area contributed by atoms with E-state index in [9.17, 15) is 4.21 Å². The fourth-order valence-electron chi connectivity index (χ4n) is 2.06. The van der Waals surface area contributed by atoms with Gasteiger partial charge in [0.15, 0.2) is 0 Å². The summed E-state index contributed by atoms with van der Waals surface area (Å²) in [5, 5.41) is 7.73. The second-order valence-electron chi connectivity index (χ2n) is 5.05. The van der Waals surface area contributed by atoms with Gasteiger partial charge in [-0.3, -0.25) is 8.89 Å². The lowest BCUT2D eigenvalue weighted by Gasteiger charge is -2.10. The molecule has 2 unspecified atom stereocenters. The van der Waals surface area contributed by atoms with Crippen LogP contribution in [0.25, 0.3) is 0 Å².